The fourth-order valence-electron chi connectivity index (χ4n) is 5.02. The highest BCUT2D eigenvalue weighted by molar-refractivity contribution is 6.04. The molecule has 6 nitrogen and oxygen atoms in total. The molecule has 0 bridgehead atoms. The number of anilines is 1. The van der Waals surface area contributed by atoms with Gasteiger partial charge in [0.25, 0.3) is 0 Å². The zero-order valence-corrected chi connectivity index (χ0v) is 21.6. The van der Waals surface area contributed by atoms with Crippen LogP contribution in [0.1, 0.15) is 72.3 Å². The average Bonchev–Trinajstić information content (AvgIpc) is 2.78. The van der Waals surface area contributed by atoms with Crippen LogP contribution in [0.25, 0.3) is 0 Å². The number of carbonyl (C=O) groups excluding carboxylic acids is 2. The lowest BCUT2D eigenvalue weighted by atomic mass is 9.68. The zero-order chi connectivity index (χ0) is 24.9. The van der Waals surface area contributed by atoms with Crippen molar-refractivity contribution in [2.24, 2.45) is 5.41 Å². The van der Waals surface area contributed by atoms with Crippen molar-refractivity contribution in [2.45, 2.75) is 66.7 Å². The molecule has 0 radical (unpaired) electrons. The van der Waals surface area contributed by atoms with Crippen molar-refractivity contribution in [2.75, 3.05) is 37.8 Å². The highest BCUT2D eigenvalue weighted by atomic mass is 16.6. The van der Waals surface area contributed by atoms with E-state index in [1.807, 2.05) is 26.0 Å². The second-order valence-electron chi connectivity index (χ2n) is 9.94. The molecule has 3 rings (SSSR count). The maximum Gasteiger partial charge on any atom is 0.336 e. The molecule has 1 aromatic rings. The van der Waals surface area contributed by atoms with Gasteiger partial charge in [-0.05, 0) is 56.7 Å². The van der Waals surface area contributed by atoms with Crippen LogP contribution in [0.4, 0.5) is 5.69 Å². The minimum absolute atomic E-state index is 0.0978. The Bertz CT molecular complexity index is 955. The number of ether oxygens (including phenoxy) is 2. The van der Waals surface area contributed by atoms with Crippen LogP contribution in [0, 0.1) is 5.41 Å². The first-order valence-electron chi connectivity index (χ1n) is 12.6. The number of hydrogen-bond donors (Lipinski definition) is 1. The fraction of sp³-hybridized carbons (Fsp3) is 0.571. The van der Waals surface area contributed by atoms with Crippen molar-refractivity contribution in [3.05, 3.63) is 52.4 Å². The first kappa shape index (κ1) is 26.0. The Morgan fingerprint density at radius 2 is 1.74 bits per heavy atom. The van der Waals surface area contributed by atoms with Gasteiger partial charge in [0.05, 0.1) is 12.2 Å². The summed E-state index contributed by atoms with van der Waals surface area (Å²) in [5.74, 6) is -0.734. The molecular weight excluding hydrogens is 428 g/mol. The van der Waals surface area contributed by atoms with Gasteiger partial charge in [0.2, 0.25) is 0 Å². The molecule has 0 fully saturated rings. The lowest BCUT2D eigenvalue weighted by Crippen LogP contribution is -2.38. The minimum atomic E-state index is -0.435. The Kier molecular flexibility index (Phi) is 8.58. The van der Waals surface area contributed by atoms with E-state index in [-0.39, 0.29) is 17.8 Å². The van der Waals surface area contributed by atoms with Crippen LogP contribution in [0.2, 0.25) is 0 Å². The predicted octanol–water partition coefficient (Wildman–Crippen LogP) is 5.11. The fourth-order valence-corrected chi connectivity index (χ4v) is 5.02. The monoisotopic (exact) mass is 468 g/mol. The number of nitrogens with zero attached hydrogens (tertiary/aromatic N) is 1. The Hall–Kier alpha value is -2.60. The number of nitrogens with one attached hydrogen (secondary N) is 1. The molecule has 0 unspecified atom stereocenters. The van der Waals surface area contributed by atoms with Gasteiger partial charge in [0.1, 0.15) is 6.61 Å². The van der Waals surface area contributed by atoms with Crippen LogP contribution in [-0.2, 0) is 19.1 Å². The standard InChI is InChI=1S/C28H40N2O4/c1-7-14-33-15-16-34-27(32)24-19(4)29-22-17-28(5,6)18-23(31)26(22)25(24)20-10-12-21(13-11-20)30(8-2)9-3/h10-13,25,29H,7-9,14-18H2,1-6H3/t25-/m0/s1. The molecular formula is C28H40N2O4. The largest absolute Gasteiger partial charge is 0.460 e. The summed E-state index contributed by atoms with van der Waals surface area (Å²) in [6.45, 7) is 15.5. The lowest BCUT2D eigenvalue weighted by Gasteiger charge is -2.39. The van der Waals surface area contributed by atoms with Gasteiger partial charge in [0.15, 0.2) is 5.78 Å². The maximum atomic E-state index is 13.4. The van der Waals surface area contributed by atoms with E-state index < -0.39 is 11.9 Å². The van der Waals surface area contributed by atoms with Crippen LogP contribution in [0.5, 0.6) is 0 Å². The number of hydrogen-bond acceptors (Lipinski definition) is 6. The van der Waals surface area contributed by atoms with E-state index in [9.17, 15) is 9.59 Å². The van der Waals surface area contributed by atoms with Crippen molar-refractivity contribution >= 4 is 17.4 Å². The molecule has 0 amide bonds. The van der Waals surface area contributed by atoms with E-state index >= 15 is 0 Å². The summed E-state index contributed by atoms with van der Waals surface area (Å²) >= 11 is 0. The van der Waals surface area contributed by atoms with E-state index in [0.29, 0.717) is 30.8 Å². The number of benzene rings is 1. The number of dihydropyridines is 1. The Morgan fingerprint density at radius 1 is 1.06 bits per heavy atom. The quantitative estimate of drug-likeness (QED) is 0.380. The highest BCUT2D eigenvalue weighted by Crippen LogP contribution is 2.47. The number of rotatable bonds is 10. The summed E-state index contributed by atoms with van der Waals surface area (Å²) < 4.78 is 11.1. The van der Waals surface area contributed by atoms with Gasteiger partial charge in [-0.15, -0.1) is 0 Å². The molecule has 34 heavy (non-hydrogen) atoms. The third-order valence-electron chi connectivity index (χ3n) is 6.62. The van der Waals surface area contributed by atoms with E-state index in [4.69, 9.17) is 9.47 Å². The molecule has 0 spiro atoms. The Labute approximate surface area is 204 Å². The molecule has 0 aromatic heterocycles. The summed E-state index contributed by atoms with van der Waals surface area (Å²) in [7, 11) is 0. The first-order chi connectivity index (χ1) is 16.2. The van der Waals surface area contributed by atoms with Crippen LogP contribution in [-0.4, -0.2) is 44.7 Å². The second kappa shape index (κ2) is 11.2. The van der Waals surface area contributed by atoms with Crippen molar-refractivity contribution in [3.63, 3.8) is 0 Å². The van der Waals surface area contributed by atoms with Gasteiger partial charge >= 0.3 is 5.97 Å². The van der Waals surface area contributed by atoms with Gasteiger partial charge < -0.3 is 19.7 Å². The minimum Gasteiger partial charge on any atom is -0.460 e. The first-order valence-corrected chi connectivity index (χ1v) is 12.6. The summed E-state index contributed by atoms with van der Waals surface area (Å²) in [4.78, 5) is 29.0. The van der Waals surface area contributed by atoms with Crippen molar-refractivity contribution < 1.29 is 19.1 Å². The molecule has 1 N–H and O–H groups in total. The van der Waals surface area contributed by atoms with Crippen LogP contribution < -0.4 is 10.2 Å². The molecule has 1 aliphatic carbocycles. The average molecular weight is 469 g/mol. The van der Waals surface area contributed by atoms with Crippen LogP contribution in [0.3, 0.4) is 0 Å². The van der Waals surface area contributed by atoms with Crippen molar-refractivity contribution in [3.8, 4) is 0 Å². The molecule has 1 aliphatic heterocycles. The molecule has 1 aromatic carbocycles. The second-order valence-corrected chi connectivity index (χ2v) is 9.94. The number of Topliss-reactive ketones (excluding diaryl/α,β-unsaturated/α-hetero) is 1. The van der Waals surface area contributed by atoms with Gasteiger partial charge in [-0.3, -0.25) is 4.79 Å². The van der Waals surface area contributed by atoms with Crippen molar-refractivity contribution in [1.29, 1.82) is 0 Å². The summed E-state index contributed by atoms with van der Waals surface area (Å²) in [5.41, 5.74) is 4.85. The molecule has 1 heterocycles. The Morgan fingerprint density at radius 3 is 2.35 bits per heavy atom. The summed E-state index contributed by atoms with van der Waals surface area (Å²) in [6.07, 6.45) is 2.16. The van der Waals surface area contributed by atoms with Crippen LogP contribution in [0.15, 0.2) is 46.8 Å². The predicted molar refractivity (Wildman–Crippen MR) is 136 cm³/mol. The molecule has 6 heteroatoms. The summed E-state index contributed by atoms with van der Waals surface area (Å²) in [6, 6.07) is 8.26. The Balaban J connectivity index is 1.98. The normalized spacial score (nSPS) is 19.6. The van der Waals surface area contributed by atoms with E-state index in [1.165, 1.54) is 0 Å². The zero-order valence-electron chi connectivity index (χ0n) is 21.6. The molecule has 1 atom stereocenters. The molecule has 2 aliphatic rings. The van der Waals surface area contributed by atoms with E-state index in [2.05, 4.69) is 50.0 Å². The maximum absolute atomic E-state index is 13.4. The highest BCUT2D eigenvalue weighted by Gasteiger charge is 2.43. The van der Waals surface area contributed by atoms with Gasteiger partial charge in [0, 0.05) is 54.7 Å². The molecule has 0 saturated carbocycles. The van der Waals surface area contributed by atoms with E-state index in [1.54, 1.807) is 0 Å². The number of esters is 1. The van der Waals surface area contributed by atoms with Crippen LogP contribution >= 0.6 is 0 Å². The summed E-state index contributed by atoms with van der Waals surface area (Å²) in [5, 5.41) is 3.39. The number of allylic oxidation sites excluding steroid dienone is 3. The van der Waals surface area contributed by atoms with Gasteiger partial charge in [-0.2, -0.15) is 0 Å². The molecule has 0 saturated heterocycles. The van der Waals surface area contributed by atoms with Gasteiger partial charge in [-0.1, -0.05) is 32.9 Å². The number of ketones is 1. The SMILES string of the molecule is CCCOCCOC(=O)C1=C(C)NC2=C(C(=O)CC(C)(C)C2)[C@H]1c1ccc(N(CC)CC)cc1. The topological polar surface area (TPSA) is 67.9 Å². The molecule has 186 valence electrons. The number of carbonyl (C=O) groups is 2. The van der Waals surface area contributed by atoms with E-state index in [0.717, 1.165) is 48.6 Å². The third-order valence-corrected chi connectivity index (χ3v) is 6.62. The van der Waals surface area contributed by atoms with Gasteiger partial charge in [-0.25, -0.2) is 4.79 Å². The third kappa shape index (κ3) is 5.72. The lowest BCUT2D eigenvalue weighted by molar-refractivity contribution is -0.141. The van der Waals surface area contributed by atoms with Crippen molar-refractivity contribution in [1.82, 2.24) is 5.32 Å². The smallest absolute Gasteiger partial charge is 0.336 e.